The average Bonchev–Trinajstić information content (AvgIpc) is 2.47. The molecule has 20 heavy (non-hydrogen) atoms. The van der Waals surface area contributed by atoms with E-state index in [1.807, 2.05) is 6.08 Å². The van der Waals surface area contributed by atoms with E-state index in [4.69, 9.17) is 11.6 Å². The summed E-state index contributed by atoms with van der Waals surface area (Å²) in [7, 11) is 0. The lowest BCUT2D eigenvalue weighted by atomic mass is 9.83. The van der Waals surface area contributed by atoms with Crippen LogP contribution in [0.15, 0.2) is 23.8 Å². The molecule has 0 amide bonds. The summed E-state index contributed by atoms with van der Waals surface area (Å²) in [5, 5.41) is 20.6. The van der Waals surface area contributed by atoms with Gasteiger partial charge in [-0.1, -0.05) is 43.0 Å². The molecule has 108 valence electrons. The van der Waals surface area contributed by atoms with Gasteiger partial charge in [-0.05, 0) is 36.0 Å². The third kappa shape index (κ3) is 3.58. The van der Waals surface area contributed by atoms with Crippen molar-refractivity contribution in [2.75, 3.05) is 6.61 Å². The van der Waals surface area contributed by atoms with E-state index in [1.54, 1.807) is 6.07 Å². The second kappa shape index (κ2) is 6.86. The molecule has 1 saturated carbocycles. The monoisotopic (exact) mass is 295 g/mol. The molecule has 1 fully saturated rings. The lowest BCUT2D eigenvalue weighted by Crippen LogP contribution is -2.11. The minimum Gasteiger partial charge on any atom is -0.392 e. The molecule has 1 aliphatic carbocycles. The van der Waals surface area contributed by atoms with Crippen LogP contribution in [0.25, 0.3) is 6.08 Å². The molecule has 0 saturated heterocycles. The van der Waals surface area contributed by atoms with Gasteiger partial charge >= 0.3 is 0 Å². The molecule has 0 unspecified atom stereocenters. The second-order valence-electron chi connectivity index (χ2n) is 5.18. The number of aliphatic hydroxyl groups excluding tert-OH is 1. The van der Waals surface area contributed by atoms with Crippen LogP contribution in [0.5, 0.6) is 0 Å². The number of nitro benzene ring substituents is 1. The van der Waals surface area contributed by atoms with Gasteiger partial charge in [0.1, 0.15) is 5.02 Å². The summed E-state index contributed by atoms with van der Waals surface area (Å²) < 4.78 is 0. The number of benzene rings is 1. The van der Waals surface area contributed by atoms with Crippen LogP contribution < -0.4 is 0 Å². The fourth-order valence-corrected chi connectivity index (χ4v) is 2.93. The smallest absolute Gasteiger partial charge is 0.288 e. The maximum atomic E-state index is 10.9. The van der Waals surface area contributed by atoms with Gasteiger partial charge in [0.15, 0.2) is 0 Å². The van der Waals surface area contributed by atoms with Gasteiger partial charge in [0.05, 0.1) is 11.5 Å². The molecule has 1 N–H and O–H groups in total. The van der Waals surface area contributed by atoms with Crippen molar-refractivity contribution < 1.29 is 10.0 Å². The summed E-state index contributed by atoms with van der Waals surface area (Å²) in [6.07, 6.45) is 7.65. The lowest BCUT2D eigenvalue weighted by molar-refractivity contribution is -0.384. The topological polar surface area (TPSA) is 63.4 Å². The van der Waals surface area contributed by atoms with Crippen molar-refractivity contribution in [1.29, 1.82) is 0 Å². The number of aliphatic hydroxyl groups is 1. The number of halogens is 1. The van der Waals surface area contributed by atoms with Gasteiger partial charge in [-0.25, -0.2) is 0 Å². The summed E-state index contributed by atoms with van der Waals surface area (Å²) in [6, 6.07) is 4.73. The number of nitrogens with zero attached hydrogens (tertiary/aromatic N) is 1. The van der Waals surface area contributed by atoms with Crippen LogP contribution >= 0.6 is 11.6 Å². The predicted molar refractivity (Wildman–Crippen MR) is 79.7 cm³/mol. The highest BCUT2D eigenvalue weighted by Gasteiger charge is 2.18. The highest BCUT2D eigenvalue weighted by atomic mass is 35.5. The average molecular weight is 296 g/mol. The fourth-order valence-electron chi connectivity index (χ4n) is 2.74. The Balaban J connectivity index is 2.27. The van der Waals surface area contributed by atoms with Gasteiger partial charge < -0.3 is 5.11 Å². The fraction of sp³-hybridized carbons (Fsp3) is 0.467. The molecule has 1 aromatic rings. The SMILES string of the molecule is O=[N+]([O-])c1cc(/C=C(/CO)C2CCCCC2)ccc1Cl. The van der Waals surface area contributed by atoms with Gasteiger partial charge in [0.25, 0.3) is 5.69 Å². The third-order valence-electron chi connectivity index (χ3n) is 3.83. The van der Waals surface area contributed by atoms with E-state index in [-0.39, 0.29) is 17.3 Å². The first-order chi connectivity index (χ1) is 9.61. The van der Waals surface area contributed by atoms with Crippen LogP contribution in [0, 0.1) is 16.0 Å². The van der Waals surface area contributed by atoms with Gasteiger partial charge in [-0.15, -0.1) is 0 Å². The molecule has 0 atom stereocenters. The standard InChI is InChI=1S/C15H18ClNO3/c16-14-7-6-11(9-15(14)17(19)20)8-13(10-18)12-4-2-1-3-5-12/h6-9,12,18H,1-5,10H2/b13-8-. The molecule has 1 aromatic carbocycles. The van der Waals surface area contributed by atoms with Gasteiger partial charge in [0.2, 0.25) is 0 Å². The van der Waals surface area contributed by atoms with E-state index >= 15 is 0 Å². The first-order valence-electron chi connectivity index (χ1n) is 6.87. The predicted octanol–water partition coefficient (Wildman–Crippen LogP) is 4.20. The Hall–Kier alpha value is -1.39. The van der Waals surface area contributed by atoms with Crippen molar-refractivity contribution in [2.24, 2.45) is 5.92 Å². The molecule has 0 heterocycles. The lowest BCUT2D eigenvalue weighted by Gasteiger charge is -2.23. The minimum atomic E-state index is -0.487. The quantitative estimate of drug-likeness (QED) is 0.668. The van der Waals surface area contributed by atoms with Gasteiger partial charge in [-0.3, -0.25) is 10.1 Å². The zero-order valence-corrected chi connectivity index (χ0v) is 12.0. The Labute approximate surface area is 123 Å². The molecule has 0 spiro atoms. The maximum Gasteiger partial charge on any atom is 0.288 e. The van der Waals surface area contributed by atoms with E-state index in [0.717, 1.165) is 24.0 Å². The Kier molecular flexibility index (Phi) is 5.15. The van der Waals surface area contributed by atoms with E-state index in [2.05, 4.69) is 0 Å². The van der Waals surface area contributed by atoms with E-state index < -0.39 is 4.92 Å². The van der Waals surface area contributed by atoms with Gasteiger partial charge in [-0.2, -0.15) is 0 Å². The van der Waals surface area contributed by atoms with Gasteiger partial charge in [0, 0.05) is 6.07 Å². The summed E-state index contributed by atoms with van der Waals surface area (Å²) in [5.41, 5.74) is 1.58. The van der Waals surface area contributed by atoms with Crippen LogP contribution in [0.4, 0.5) is 5.69 Å². The molecule has 0 aliphatic heterocycles. The first kappa shape index (κ1) is 15.0. The minimum absolute atomic E-state index is 0.00108. The van der Waals surface area contributed by atoms with Crippen LogP contribution in [0.1, 0.15) is 37.7 Å². The Bertz CT molecular complexity index is 522. The number of hydrogen-bond donors (Lipinski definition) is 1. The highest BCUT2D eigenvalue weighted by molar-refractivity contribution is 6.32. The van der Waals surface area contributed by atoms with E-state index in [0.29, 0.717) is 5.92 Å². The van der Waals surface area contributed by atoms with Crippen molar-refractivity contribution >= 4 is 23.4 Å². The zero-order valence-electron chi connectivity index (χ0n) is 11.2. The normalized spacial score (nSPS) is 17.2. The molecule has 0 radical (unpaired) electrons. The van der Waals surface area contributed by atoms with Crippen molar-refractivity contribution in [3.8, 4) is 0 Å². The first-order valence-corrected chi connectivity index (χ1v) is 7.25. The number of hydrogen-bond acceptors (Lipinski definition) is 3. The van der Waals surface area contributed by atoms with Crippen molar-refractivity contribution in [3.63, 3.8) is 0 Å². The van der Waals surface area contributed by atoms with Crippen molar-refractivity contribution in [3.05, 3.63) is 44.5 Å². The van der Waals surface area contributed by atoms with E-state index in [1.165, 1.54) is 31.4 Å². The summed E-state index contributed by atoms with van der Waals surface area (Å²) in [6.45, 7) is 0.00108. The Morgan fingerprint density at radius 1 is 1.40 bits per heavy atom. The zero-order chi connectivity index (χ0) is 14.5. The highest BCUT2D eigenvalue weighted by Crippen LogP contribution is 2.32. The maximum absolute atomic E-state index is 10.9. The summed E-state index contributed by atoms with van der Waals surface area (Å²) in [5.74, 6) is 0.392. The van der Waals surface area contributed by atoms with Crippen molar-refractivity contribution in [1.82, 2.24) is 0 Å². The van der Waals surface area contributed by atoms with Crippen molar-refractivity contribution in [2.45, 2.75) is 32.1 Å². The second-order valence-corrected chi connectivity index (χ2v) is 5.59. The van der Waals surface area contributed by atoms with Crippen LogP contribution in [-0.4, -0.2) is 16.6 Å². The molecule has 0 aromatic heterocycles. The Morgan fingerprint density at radius 2 is 2.10 bits per heavy atom. The van der Waals surface area contributed by atoms with Crippen LogP contribution in [0.2, 0.25) is 5.02 Å². The Morgan fingerprint density at radius 3 is 2.70 bits per heavy atom. The summed E-state index contributed by atoms with van der Waals surface area (Å²) in [4.78, 5) is 10.4. The summed E-state index contributed by atoms with van der Waals surface area (Å²) >= 11 is 5.80. The molecular formula is C15H18ClNO3. The van der Waals surface area contributed by atoms with Crippen LogP contribution in [-0.2, 0) is 0 Å². The largest absolute Gasteiger partial charge is 0.392 e. The molecule has 2 rings (SSSR count). The third-order valence-corrected chi connectivity index (χ3v) is 4.15. The van der Waals surface area contributed by atoms with Crippen LogP contribution in [0.3, 0.4) is 0 Å². The molecular weight excluding hydrogens is 278 g/mol. The molecule has 1 aliphatic rings. The van der Waals surface area contributed by atoms with E-state index in [9.17, 15) is 15.2 Å². The number of nitro groups is 1. The molecule has 4 nitrogen and oxygen atoms in total. The molecule has 5 heteroatoms. The number of rotatable bonds is 4. The molecule has 0 bridgehead atoms.